The number of hydrogen-bond donors (Lipinski definition) is 2. The first-order valence-electron chi connectivity index (χ1n) is 24.8. The average molecular weight is 961 g/mol. The van der Waals surface area contributed by atoms with Crippen LogP contribution in [-0.2, 0) is 76.5 Å². The Hall–Kier alpha value is -6.30. The monoisotopic (exact) mass is 960 g/mol. The van der Waals surface area contributed by atoms with Crippen molar-refractivity contribution in [3.63, 3.8) is 0 Å². The van der Waals surface area contributed by atoms with Gasteiger partial charge in [-0.05, 0) is 68.5 Å². The van der Waals surface area contributed by atoms with E-state index in [9.17, 15) is 19.8 Å². The first kappa shape index (κ1) is 51.1. The molecule has 6 aromatic rings. The summed E-state index contributed by atoms with van der Waals surface area (Å²) in [5.74, 6) is -0.0653. The van der Waals surface area contributed by atoms with E-state index in [-0.39, 0.29) is 49.5 Å². The van der Waals surface area contributed by atoms with Crippen LogP contribution in [0, 0.1) is 16.2 Å². The van der Waals surface area contributed by atoms with Gasteiger partial charge in [0.25, 0.3) is 0 Å². The molecule has 71 heavy (non-hydrogen) atoms. The Morgan fingerprint density at radius 2 is 0.732 bits per heavy atom. The summed E-state index contributed by atoms with van der Waals surface area (Å²) in [5.41, 5.74) is 7.84. The van der Waals surface area contributed by atoms with Crippen LogP contribution in [0.15, 0.2) is 146 Å². The molecule has 0 atom stereocenters. The van der Waals surface area contributed by atoms with Crippen LogP contribution in [0.25, 0.3) is 0 Å². The van der Waals surface area contributed by atoms with E-state index in [1.165, 1.54) is 0 Å². The third-order valence-electron chi connectivity index (χ3n) is 13.5. The largest absolute Gasteiger partial charge is 0.507 e. The zero-order valence-corrected chi connectivity index (χ0v) is 41.6. The van der Waals surface area contributed by atoms with Gasteiger partial charge in [0.15, 0.2) is 12.6 Å². The van der Waals surface area contributed by atoms with Crippen LogP contribution in [0.3, 0.4) is 0 Å². The molecule has 0 aliphatic carbocycles. The molecule has 1 spiro atoms. The van der Waals surface area contributed by atoms with Crippen LogP contribution in [0.4, 0.5) is 0 Å². The normalized spacial score (nSPS) is 18.3. The Kier molecular flexibility index (Phi) is 16.7. The molecule has 2 heterocycles. The standard InChI is InChI=1S/C61H68O10/c1-59(2,37-66-53(62)27-25-47-33-49(29-43-17-9-5-10-18-43)55(64)50(34-47)30-44-19-11-6-12-20-44)57-68-39-61(40-69-57)41-70-58(71-42-61)60(3,4)38-67-54(63)28-26-48-35-51(31-45-21-13-7-14-22-45)56(65)52(36-48)32-46-23-15-8-16-24-46/h5-24,33-36,57-58,64-65H,25-32,37-42H2,1-4H3. The topological polar surface area (TPSA) is 130 Å². The van der Waals surface area contributed by atoms with Gasteiger partial charge in [0.05, 0.1) is 31.8 Å². The van der Waals surface area contributed by atoms with Crippen molar-refractivity contribution in [3.8, 4) is 11.5 Å². The van der Waals surface area contributed by atoms with E-state index in [1.807, 2.05) is 173 Å². The fourth-order valence-electron chi connectivity index (χ4n) is 9.32. The predicted molar refractivity (Wildman–Crippen MR) is 273 cm³/mol. The zero-order valence-electron chi connectivity index (χ0n) is 41.6. The highest BCUT2D eigenvalue weighted by atomic mass is 16.7. The molecule has 2 saturated heterocycles. The zero-order chi connectivity index (χ0) is 49.9. The molecule has 6 aromatic carbocycles. The molecule has 0 radical (unpaired) electrons. The molecule has 10 heteroatoms. The lowest BCUT2D eigenvalue weighted by Gasteiger charge is -2.48. The molecule has 2 N–H and O–H groups in total. The van der Waals surface area contributed by atoms with Gasteiger partial charge >= 0.3 is 11.9 Å². The highest BCUT2D eigenvalue weighted by Crippen LogP contribution is 2.39. The van der Waals surface area contributed by atoms with Gasteiger partial charge in [-0.3, -0.25) is 9.59 Å². The molecule has 2 fully saturated rings. The summed E-state index contributed by atoms with van der Waals surface area (Å²) in [5, 5.41) is 22.7. The second kappa shape index (κ2) is 23.3. The van der Waals surface area contributed by atoms with Crippen molar-refractivity contribution >= 4 is 11.9 Å². The number of aromatic hydroxyl groups is 2. The smallest absolute Gasteiger partial charge is 0.306 e. The van der Waals surface area contributed by atoms with Gasteiger partial charge in [-0.2, -0.15) is 0 Å². The lowest BCUT2D eigenvalue weighted by Crippen LogP contribution is -2.57. The van der Waals surface area contributed by atoms with Crippen molar-refractivity contribution in [1.82, 2.24) is 0 Å². The molecule has 0 amide bonds. The summed E-state index contributed by atoms with van der Waals surface area (Å²) in [6.45, 7) is 9.41. The van der Waals surface area contributed by atoms with Crippen LogP contribution in [0.5, 0.6) is 11.5 Å². The Labute approximate surface area is 418 Å². The molecule has 8 rings (SSSR count). The summed E-state index contributed by atoms with van der Waals surface area (Å²) < 4.78 is 36.9. The maximum absolute atomic E-state index is 13.2. The summed E-state index contributed by atoms with van der Waals surface area (Å²) in [6.07, 6.45) is 2.41. The molecular weight excluding hydrogens is 893 g/mol. The third-order valence-corrected chi connectivity index (χ3v) is 13.5. The van der Waals surface area contributed by atoms with Crippen LogP contribution in [0.2, 0.25) is 0 Å². The van der Waals surface area contributed by atoms with Crippen molar-refractivity contribution in [1.29, 1.82) is 0 Å². The lowest BCUT2D eigenvalue weighted by atomic mass is 9.86. The molecular formula is C61H68O10. The van der Waals surface area contributed by atoms with Gasteiger partial charge < -0.3 is 38.6 Å². The van der Waals surface area contributed by atoms with Crippen molar-refractivity contribution in [3.05, 3.63) is 201 Å². The number of aryl methyl sites for hydroxylation is 2. The Morgan fingerprint density at radius 1 is 0.465 bits per heavy atom. The second-order valence-corrected chi connectivity index (χ2v) is 20.9. The summed E-state index contributed by atoms with van der Waals surface area (Å²) in [7, 11) is 0. The molecule has 0 saturated carbocycles. The SMILES string of the molecule is CC(C)(COC(=O)CCc1cc(Cc2ccccc2)c(O)c(Cc2ccccc2)c1)C1OCC2(CO1)COC(C(C)(C)COC(=O)CCc1cc(Cc3ccccc3)c(O)c(Cc3ccccc3)c1)OC2. The number of carbonyl (C=O) groups excluding carboxylic acids is 2. The van der Waals surface area contributed by atoms with E-state index < -0.39 is 28.8 Å². The second-order valence-electron chi connectivity index (χ2n) is 20.9. The van der Waals surface area contributed by atoms with Gasteiger partial charge in [-0.15, -0.1) is 0 Å². The Morgan fingerprint density at radius 3 is 1.00 bits per heavy atom. The predicted octanol–water partition coefficient (Wildman–Crippen LogP) is 10.9. The average Bonchev–Trinajstić information content (AvgIpc) is 3.38. The van der Waals surface area contributed by atoms with Crippen LogP contribution >= 0.6 is 0 Å². The van der Waals surface area contributed by atoms with E-state index in [0.717, 1.165) is 55.6 Å². The minimum absolute atomic E-state index is 0.110. The van der Waals surface area contributed by atoms with E-state index >= 15 is 0 Å². The van der Waals surface area contributed by atoms with Crippen LogP contribution < -0.4 is 0 Å². The minimum Gasteiger partial charge on any atom is -0.507 e. The molecule has 372 valence electrons. The molecule has 2 aliphatic rings. The van der Waals surface area contributed by atoms with E-state index in [0.29, 0.717) is 65.0 Å². The number of benzene rings is 6. The fraction of sp³-hybridized carbons (Fsp3) is 0.377. The maximum Gasteiger partial charge on any atom is 0.306 e. The molecule has 2 aliphatic heterocycles. The van der Waals surface area contributed by atoms with Gasteiger partial charge in [-0.25, -0.2) is 0 Å². The third kappa shape index (κ3) is 14.0. The maximum atomic E-state index is 13.2. The van der Waals surface area contributed by atoms with Crippen molar-refractivity contribution in [2.24, 2.45) is 16.2 Å². The van der Waals surface area contributed by atoms with E-state index in [4.69, 9.17) is 28.4 Å². The quantitative estimate of drug-likeness (QED) is 0.0713. The summed E-state index contributed by atoms with van der Waals surface area (Å²) in [6, 6.07) is 48.2. The van der Waals surface area contributed by atoms with Gasteiger partial charge in [0, 0.05) is 49.4 Å². The number of carbonyl (C=O) groups is 2. The minimum atomic E-state index is -0.635. The molecule has 0 aromatic heterocycles. The van der Waals surface area contributed by atoms with Gasteiger partial charge in [0.2, 0.25) is 0 Å². The number of hydrogen-bond acceptors (Lipinski definition) is 10. The van der Waals surface area contributed by atoms with Crippen LogP contribution in [-0.4, -0.2) is 74.4 Å². The number of phenolic OH excluding ortho intramolecular Hbond substituents is 2. The lowest BCUT2D eigenvalue weighted by molar-refractivity contribution is -0.337. The van der Waals surface area contributed by atoms with Crippen LogP contribution in [0.1, 0.15) is 96.2 Å². The molecule has 0 unspecified atom stereocenters. The number of rotatable bonds is 20. The molecule has 0 bridgehead atoms. The van der Waals surface area contributed by atoms with E-state index in [2.05, 4.69) is 0 Å². The van der Waals surface area contributed by atoms with Crippen molar-refractivity contribution in [2.45, 2.75) is 91.6 Å². The molecule has 10 nitrogen and oxygen atoms in total. The summed E-state index contributed by atoms with van der Waals surface area (Å²) in [4.78, 5) is 26.4. The summed E-state index contributed by atoms with van der Waals surface area (Å²) >= 11 is 0. The first-order chi connectivity index (χ1) is 34.2. The highest BCUT2D eigenvalue weighted by molar-refractivity contribution is 5.70. The van der Waals surface area contributed by atoms with Crippen molar-refractivity contribution in [2.75, 3.05) is 39.6 Å². The van der Waals surface area contributed by atoms with E-state index in [1.54, 1.807) is 0 Å². The highest BCUT2D eigenvalue weighted by Gasteiger charge is 2.48. The Bertz CT molecular complexity index is 2350. The van der Waals surface area contributed by atoms with Gasteiger partial charge in [0.1, 0.15) is 24.7 Å². The Balaban J connectivity index is 0.779. The van der Waals surface area contributed by atoms with Gasteiger partial charge in [-0.1, -0.05) is 173 Å². The van der Waals surface area contributed by atoms with Crippen molar-refractivity contribution < 1.29 is 48.2 Å². The fourth-order valence-corrected chi connectivity index (χ4v) is 9.32. The first-order valence-corrected chi connectivity index (χ1v) is 24.8. The number of ether oxygens (including phenoxy) is 6. The number of phenols is 2. The number of esters is 2.